The summed E-state index contributed by atoms with van der Waals surface area (Å²) in [5, 5.41) is 20.8. The second-order valence-electron chi connectivity index (χ2n) is 7.14. The molecule has 1 heterocycles. The quantitative estimate of drug-likeness (QED) is 0.397. The maximum absolute atomic E-state index is 12.8. The molecule has 0 radical (unpaired) electrons. The van der Waals surface area contributed by atoms with Crippen molar-refractivity contribution in [2.45, 2.75) is 17.3 Å². The van der Waals surface area contributed by atoms with Crippen LogP contribution >= 0.6 is 11.8 Å². The molecule has 3 aromatic carbocycles. The van der Waals surface area contributed by atoms with E-state index in [9.17, 15) is 4.79 Å². The normalized spacial score (nSPS) is 11.4. The summed E-state index contributed by atoms with van der Waals surface area (Å²) in [5.74, 6) is 1.26. The Balaban J connectivity index is 1.60. The van der Waals surface area contributed by atoms with Gasteiger partial charge < -0.3 is 10.1 Å². The molecule has 164 valence electrons. The highest BCUT2D eigenvalue weighted by molar-refractivity contribution is 8.00. The average Bonchev–Trinajstić information content (AvgIpc) is 3.28. The molecule has 0 fully saturated rings. The maximum atomic E-state index is 12.8. The maximum Gasteiger partial charge on any atom is 0.237 e. The lowest BCUT2D eigenvalue weighted by atomic mass is 10.2. The van der Waals surface area contributed by atoms with Crippen LogP contribution in [0, 0.1) is 11.3 Å². The molecular formula is C25H21N5O2S. The number of aromatic nitrogens is 3. The number of nitriles is 1. The number of para-hydroxylation sites is 1. The van der Waals surface area contributed by atoms with Gasteiger partial charge in [0.15, 0.2) is 11.0 Å². The van der Waals surface area contributed by atoms with E-state index in [2.05, 4.69) is 21.6 Å². The third-order valence-corrected chi connectivity index (χ3v) is 5.97. The smallest absolute Gasteiger partial charge is 0.237 e. The summed E-state index contributed by atoms with van der Waals surface area (Å²) in [6.07, 6.45) is 0. The number of anilines is 1. The highest BCUT2D eigenvalue weighted by Crippen LogP contribution is 2.31. The molecule has 1 unspecified atom stereocenters. The lowest BCUT2D eigenvalue weighted by molar-refractivity contribution is -0.115. The molecule has 0 aliphatic rings. The second kappa shape index (κ2) is 10.0. The molecule has 0 spiro atoms. The molecule has 4 rings (SSSR count). The number of methoxy groups -OCH3 is 1. The highest BCUT2D eigenvalue weighted by Gasteiger charge is 2.22. The number of hydrogen-bond acceptors (Lipinski definition) is 6. The van der Waals surface area contributed by atoms with Gasteiger partial charge in [-0.15, -0.1) is 10.2 Å². The number of carbonyl (C=O) groups excluding carboxylic acids is 1. The average molecular weight is 456 g/mol. The summed E-state index contributed by atoms with van der Waals surface area (Å²) in [5.41, 5.74) is 2.96. The van der Waals surface area contributed by atoms with E-state index < -0.39 is 5.25 Å². The Morgan fingerprint density at radius 2 is 1.73 bits per heavy atom. The number of hydrogen-bond donors (Lipinski definition) is 1. The van der Waals surface area contributed by atoms with E-state index in [0.717, 1.165) is 17.0 Å². The first-order chi connectivity index (χ1) is 16.1. The lowest BCUT2D eigenvalue weighted by Gasteiger charge is -2.14. The summed E-state index contributed by atoms with van der Waals surface area (Å²) in [7, 11) is 1.63. The van der Waals surface area contributed by atoms with Gasteiger partial charge in [0, 0.05) is 16.9 Å². The van der Waals surface area contributed by atoms with Gasteiger partial charge in [-0.3, -0.25) is 9.36 Å². The molecule has 1 N–H and O–H groups in total. The molecule has 0 aliphatic heterocycles. The van der Waals surface area contributed by atoms with Crippen LogP contribution < -0.4 is 10.1 Å². The number of nitrogens with one attached hydrogen (secondary N) is 1. The predicted molar refractivity (Wildman–Crippen MR) is 128 cm³/mol. The zero-order chi connectivity index (χ0) is 23.2. The molecule has 0 aliphatic carbocycles. The number of carbonyl (C=O) groups is 1. The molecule has 0 saturated heterocycles. The fourth-order valence-electron chi connectivity index (χ4n) is 3.17. The Morgan fingerprint density at radius 3 is 2.36 bits per heavy atom. The van der Waals surface area contributed by atoms with Crippen LogP contribution in [0.1, 0.15) is 12.5 Å². The number of rotatable bonds is 7. The molecule has 0 bridgehead atoms. The largest absolute Gasteiger partial charge is 0.497 e. The predicted octanol–water partition coefficient (Wildman–Crippen LogP) is 4.93. The Labute approximate surface area is 196 Å². The molecular weight excluding hydrogens is 434 g/mol. The van der Waals surface area contributed by atoms with E-state index in [1.54, 1.807) is 31.4 Å². The van der Waals surface area contributed by atoms with Crippen molar-refractivity contribution < 1.29 is 9.53 Å². The fourth-order valence-corrected chi connectivity index (χ4v) is 4.03. The third kappa shape index (κ3) is 5.05. The van der Waals surface area contributed by atoms with Gasteiger partial charge in [-0.2, -0.15) is 5.26 Å². The van der Waals surface area contributed by atoms with Gasteiger partial charge in [-0.25, -0.2) is 0 Å². The van der Waals surface area contributed by atoms with Crippen molar-refractivity contribution in [1.82, 2.24) is 14.8 Å². The van der Waals surface area contributed by atoms with Crippen molar-refractivity contribution in [3.8, 4) is 28.9 Å². The summed E-state index contributed by atoms with van der Waals surface area (Å²) >= 11 is 1.32. The van der Waals surface area contributed by atoms with Gasteiger partial charge in [0.25, 0.3) is 0 Å². The van der Waals surface area contributed by atoms with Crippen LogP contribution in [-0.4, -0.2) is 33.0 Å². The SMILES string of the molecule is COc1ccc(-c2nnc(SC(C)C(=O)Nc3ccc(C#N)cc3)n2-c2ccccc2)cc1. The van der Waals surface area contributed by atoms with Crippen molar-refractivity contribution in [1.29, 1.82) is 5.26 Å². The minimum absolute atomic E-state index is 0.168. The van der Waals surface area contributed by atoms with Gasteiger partial charge in [0.1, 0.15) is 5.75 Å². The topological polar surface area (TPSA) is 92.8 Å². The van der Waals surface area contributed by atoms with E-state index in [1.165, 1.54) is 11.8 Å². The van der Waals surface area contributed by atoms with E-state index in [-0.39, 0.29) is 5.91 Å². The summed E-state index contributed by atoms with van der Waals surface area (Å²) < 4.78 is 7.20. The van der Waals surface area contributed by atoms with Crippen molar-refractivity contribution in [3.63, 3.8) is 0 Å². The molecule has 7 nitrogen and oxygen atoms in total. The molecule has 1 aromatic heterocycles. The fraction of sp³-hybridized carbons (Fsp3) is 0.120. The molecule has 33 heavy (non-hydrogen) atoms. The Bertz CT molecular complexity index is 1280. The summed E-state index contributed by atoms with van der Waals surface area (Å²) in [6.45, 7) is 1.82. The highest BCUT2D eigenvalue weighted by atomic mass is 32.2. The van der Waals surface area contributed by atoms with Gasteiger partial charge in [0.2, 0.25) is 5.91 Å². The number of benzene rings is 3. The Kier molecular flexibility index (Phi) is 6.72. The third-order valence-electron chi connectivity index (χ3n) is 4.93. The van der Waals surface area contributed by atoms with Crippen LogP contribution in [0.15, 0.2) is 84.0 Å². The lowest BCUT2D eigenvalue weighted by Crippen LogP contribution is -2.22. The number of ether oxygens (including phenoxy) is 1. The minimum Gasteiger partial charge on any atom is -0.497 e. The monoisotopic (exact) mass is 455 g/mol. The Hall–Kier alpha value is -4.09. The van der Waals surface area contributed by atoms with Crippen LogP contribution in [0.3, 0.4) is 0 Å². The standard InChI is InChI=1S/C25H21N5O2S/c1-17(24(31)27-20-12-8-18(16-26)9-13-20)33-25-29-28-23(19-10-14-22(32-2)15-11-19)30(25)21-6-4-3-5-7-21/h3-15,17H,1-2H3,(H,27,31). The van der Waals surface area contributed by atoms with E-state index in [1.807, 2.05) is 66.1 Å². The van der Waals surface area contributed by atoms with Crippen molar-refractivity contribution in [2.24, 2.45) is 0 Å². The molecule has 4 aromatic rings. The van der Waals surface area contributed by atoms with Crippen LogP contribution in [0.25, 0.3) is 17.1 Å². The first kappa shape index (κ1) is 22.1. The zero-order valence-corrected chi connectivity index (χ0v) is 18.9. The van der Waals surface area contributed by atoms with E-state index in [0.29, 0.717) is 22.2 Å². The van der Waals surface area contributed by atoms with Crippen LogP contribution in [0.5, 0.6) is 5.75 Å². The van der Waals surface area contributed by atoms with Crippen LogP contribution in [0.4, 0.5) is 5.69 Å². The zero-order valence-electron chi connectivity index (χ0n) is 18.1. The molecule has 8 heteroatoms. The van der Waals surface area contributed by atoms with Crippen LogP contribution in [-0.2, 0) is 4.79 Å². The first-order valence-corrected chi connectivity index (χ1v) is 11.1. The number of nitrogens with zero attached hydrogens (tertiary/aromatic N) is 4. The van der Waals surface area contributed by atoms with Crippen molar-refractivity contribution in [2.75, 3.05) is 12.4 Å². The van der Waals surface area contributed by atoms with Gasteiger partial charge in [-0.05, 0) is 67.6 Å². The number of thioether (sulfide) groups is 1. The second-order valence-corrected chi connectivity index (χ2v) is 8.45. The van der Waals surface area contributed by atoms with E-state index in [4.69, 9.17) is 10.00 Å². The first-order valence-electron chi connectivity index (χ1n) is 10.2. The number of amides is 1. The van der Waals surface area contributed by atoms with Gasteiger partial charge in [-0.1, -0.05) is 30.0 Å². The Morgan fingerprint density at radius 1 is 1.03 bits per heavy atom. The minimum atomic E-state index is -0.434. The summed E-state index contributed by atoms with van der Waals surface area (Å²) in [4.78, 5) is 12.8. The molecule has 1 amide bonds. The van der Waals surface area contributed by atoms with Crippen molar-refractivity contribution >= 4 is 23.4 Å². The van der Waals surface area contributed by atoms with Gasteiger partial charge in [0.05, 0.1) is 24.0 Å². The van der Waals surface area contributed by atoms with Crippen molar-refractivity contribution in [3.05, 3.63) is 84.4 Å². The molecule has 1 atom stereocenters. The van der Waals surface area contributed by atoms with E-state index >= 15 is 0 Å². The van der Waals surface area contributed by atoms with Gasteiger partial charge >= 0.3 is 0 Å². The summed E-state index contributed by atoms with van der Waals surface area (Å²) in [6, 6.07) is 26.2. The molecule has 0 saturated carbocycles. The van der Waals surface area contributed by atoms with Crippen LogP contribution in [0.2, 0.25) is 0 Å².